The van der Waals surface area contributed by atoms with Crippen LogP contribution >= 0.6 is 15.9 Å². The van der Waals surface area contributed by atoms with Gasteiger partial charge in [0, 0.05) is 28.8 Å². The van der Waals surface area contributed by atoms with E-state index in [-0.39, 0.29) is 18.6 Å². The first kappa shape index (κ1) is 13.3. The molecule has 1 heterocycles. The van der Waals surface area contributed by atoms with Crippen molar-refractivity contribution < 1.29 is 14.6 Å². The van der Waals surface area contributed by atoms with Gasteiger partial charge in [-0.1, -0.05) is 0 Å². The third-order valence-electron chi connectivity index (χ3n) is 2.88. The Morgan fingerprint density at radius 2 is 2.39 bits per heavy atom. The number of aliphatic hydroxyl groups excluding tert-OH is 1. The molecule has 0 aliphatic carbocycles. The zero-order chi connectivity index (χ0) is 13.1. The highest BCUT2D eigenvalue weighted by Crippen LogP contribution is 2.21. The lowest BCUT2D eigenvalue weighted by Gasteiger charge is -2.32. The summed E-state index contributed by atoms with van der Waals surface area (Å²) in [5.74, 6) is -0.0718. The van der Waals surface area contributed by atoms with Gasteiger partial charge in [0.1, 0.15) is 0 Å². The molecule has 1 amide bonds. The summed E-state index contributed by atoms with van der Waals surface area (Å²) in [6.45, 7) is 1.33. The maximum absolute atomic E-state index is 12.3. The monoisotopic (exact) mass is 314 g/mol. The lowest BCUT2D eigenvalue weighted by molar-refractivity contribution is -0.0447. The van der Waals surface area contributed by atoms with Crippen LogP contribution in [0.3, 0.4) is 0 Å². The maximum atomic E-state index is 12.3. The molecule has 1 aliphatic heterocycles. The van der Waals surface area contributed by atoms with Crippen molar-refractivity contribution >= 4 is 27.5 Å². The number of morpholine rings is 1. The summed E-state index contributed by atoms with van der Waals surface area (Å²) in [5.41, 5.74) is 6.86. The van der Waals surface area contributed by atoms with Crippen LogP contribution in [-0.4, -0.2) is 48.3 Å². The molecule has 1 saturated heterocycles. The number of hydrogen-bond donors (Lipinski definition) is 2. The molecule has 0 spiro atoms. The van der Waals surface area contributed by atoms with Crippen LogP contribution in [0.25, 0.3) is 0 Å². The smallest absolute Gasteiger partial charge is 0.254 e. The third kappa shape index (κ3) is 2.82. The summed E-state index contributed by atoms with van der Waals surface area (Å²) in [7, 11) is 0. The molecule has 1 unspecified atom stereocenters. The third-order valence-corrected chi connectivity index (χ3v) is 3.56. The minimum absolute atomic E-state index is 0.0718. The Kier molecular flexibility index (Phi) is 4.21. The van der Waals surface area contributed by atoms with E-state index in [4.69, 9.17) is 15.6 Å². The van der Waals surface area contributed by atoms with Crippen LogP contribution in [0.15, 0.2) is 22.7 Å². The Labute approximate surface area is 114 Å². The number of halogens is 1. The number of ether oxygens (including phenoxy) is 1. The summed E-state index contributed by atoms with van der Waals surface area (Å²) in [5, 5.41) is 9.05. The zero-order valence-electron chi connectivity index (χ0n) is 9.80. The van der Waals surface area contributed by atoms with Crippen LogP contribution < -0.4 is 5.73 Å². The number of carbonyl (C=O) groups is 1. The van der Waals surface area contributed by atoms with Crippen molar-refractivity contribution in [2.24, 2.45) is 0 Å². The molecule has 1 aromatic carbocycles. The number of carbonyl (C=O) groups excluding carboxylic acids is 1. The second-order valence-electron chi connectivity index (χ2n) is 4.16. The predicted molar refractivity (Wildman–Crippen MR) is 71.3 cm³/mol. The molecule has 5 nitrogen and oxygen atoms in total. The Morgan fingerprint density at radius 1 is 1.61 bits per heavy atom. The van der Waals surface area contributed by atoms with Crippen molar-refractivity contribution in [1.82, 2.24) is 4.90 Å². The van der Waals surface area contributed by atoms with Crippen LogP contribution in [0.1, 0.15) is 10.4 Å². The van der Waals surface area contributed by atoms with E-state index in [9.17, 15) is 4.79 Å². The maximum Gasteiger partial charge on any atom is 0.254 e. The minimum atomic E-state index is -0.292. The van der Waals surface area contributed by atoms with Gasteiger partial charge < -0.3 is 20.5 Å². The molecule has 0 radical (unpaired) electrons. The highest BCUT2D eigenvalue weighted by Gasteiger charge is 2.24. The number of benzene rings is 1. The average Bonchev–Trinajstić information content (AvgIpc) is 2.41. The summed E-state index contributed by atoms with van der Waals surface area (Å²) < 4.78 is 6.02. The van der Waals surface area contributed by atoms with Crippen molar-refractivity contribution in [3.63, 3.8) is 0 Å². The molecule has 0 bridgehead atoms. The van der Waals surface area contributed by atoms with Crippen molar-refractivity contribution in [2.45, 2.75) is 6.10 Å². The van der Waals surface area contributed by atoms with Gasteiger partial charge in [0.25, 0.3) is 5.91 Å². The number of nitrogens with zero attached hydrogens (tertiary/aromatic N) is 1. The lowest BCUT2D eigenvalue weighted by atomic mass is 10.1. The molecular weight excluding hydrogens is 300 g/mol. The first-order valence-corrected chi connectivity index (χ1v) is 6.48. The van der Waals surface area contributed by atoms with Crippen LogP contribution in [0.4, 0.5) is 5.69 Å². The minimum Gasteiger partial charge on any atom is -0.398 e. The van der Waals surface area contributed by atoms with E-state index in [1.165, 1.54) is 0 Å². The molecule has 0 saturated carbocycles. The molecular formula is C12H15BrN2O3. The standard InChI is InChI=1S/C12H15BrN2O3/c13-10-5-8(1-2-11(10)14)12(17)15-3-4-18-9(6-15)7-16/h1-2,5,9,16H,3-4,6-7,14H2. The van der Waals surface area contributed by atoms with Gasteiger partial charge in [0.2, 0.25) is 0 Å². The molecule has 1 fully saturated rings. The lowest BCUT2D eigenvalue weighted by Crippen LogP contribution is -2.46. The molecule has 2 rings (SSSR count). The van der Waals surface area contributed by atoms with Crippen LogP contribution in [0.2, 0.25) is 0 Å². The predicted octanol–water partition coefficient (Wildman–Crippen LogP) is 0.865. The largest absolute Gasteiger partial charge is 0.398 e. The van der Waals surface area contributed by atoms with Crippen molar-refractivity contribution in [2.75, 3.05) is 32.0 Å². The molecule has 0 aromatic heterocycles. The van der Waals surface area contributed by atoms with Crippen molar-refractivity contribution in [3.8, 4) is 0 Å². The Balaban J connectivity index is 2.12. The average molecular weight is 315 g/mol. The number of nitrogen functional groups attached to an aromatic ring is 1. The number of anilines is 1. The molecule has 18 heavy (non-hydrogen) atoms. The second-order valence-corrected chi connectivity index (χ2v) is 5.02. The number of amides is 1. The first-order valence-electron chi connectivity index (χ1n) is 5.68. The van der Waals surface area contributed by atoms with Crippen molar-refractivity contribution in [1.29, 1.82) is 0 Å². The topological polar surface area (TPSA) is 75.8 Å². The van der Waals surface area contributed by atoms with Gasteiger partial charge in [-0.25, -0.2) is 0 Å². The Hall–Kier alpha value is -1.11. The summed E-state index contributed by atoms with van der Waals surface area (Å²) in [4.78, 5) is 13.9. The van der Waals surface area contributed by atoms with Gasteiger partial charge in [0.05, 0.1) is 19.3 Å². The number of hydrogen-bond acceptors (Lipinski definition) is 4. The highest BCUT2D eigenvalue weighted by molar-refractivity contribution is 9.10. The molecule has 3 N–H and O–H groups in total. The zero-order valence-corrected chi connectivity index (χ0v) is 11.4. The highest BCUT2D eigenvalue weighted by atomic mass is 79.9. The second kappa shape index (κ2) is 5.69. The van der Waals surface area contributed by atoms with Crippen molar-refractivity contribution in [3.05, 3.63) is 28.2 Å². The molecule has 6 heteroatoms. The molecule has 1 atom stereocenters. The first-order chi connectivity index (χ1) is 8.61. The van der Waals surface area contributed by atoms with Gasteiger partial charge in [-0.15, -0.1) is 0 Å². The van der Waals surface area contributed by atoms with Gasteiger partial charge in [-0.05, 0) is 34.1 Å². The number of nitrogens with two attached hydrogens (primary N) is 1. The quantitative estimate of drug-likeness (QED) is 0.794. The van der Waals surface area contributed by atoms with E-state index < -0.39 is 0 Å². The van der Waals surface area contributed by atoms with Gasteiger partial charge in [0.15, 0.2) is 0 Å². The molecule has 1 aliphatic rings. The van der Waals surface area contributed by atoms with Crippen LogP contribution in [0, 0.1) is 0 Å². The van der Waals surface area contributed by atoms with E-state index >= 15 is 0 Å². The van der Waals surface area contributed by atoms with Crippen LogP contribution in [-0.2, 0) is 4.74 Å². The SMILES string of the molecule is Nc1ccc(C(=O)N2CCOC(CO)C2)cc1Br. The molecule has 98 valence electrons. The Bertz CT molecular complexity index is 453. The van der Waals surface area contributed by atoms with Gasteiger partial charge in [-0.2, -0.15) is 0 Å². The van der Waals surface area contributed by atoms with E-state index in [0.717, 1.165) is 0 Å². The number of rotatable bonds is 2. The van der Waals surface area contributed by atoms with E-state index in [1.54, 1.807) is 23.1 Å². The van der Waals surface area contributed by atoms with E-state index in [0.29, 0.717) is 35.4 Å². The van der Waals surface area contributed by atoms with E-state index in [2.05, 4.69) is 15.9 Å². The normalized spacial score (nSPS) is 19.9. The fraction of sp³-hybridized carbons (Fsp3) is 0.417. The van der Waals surface area contributed by atoms with Gasteiger partial charge >= 0.3 is 0 Å². The van der Waals surface area contributed by atoms with E-state index in [1.807, 2.05) is 0 Å². The fourth-order valence-corrected chi connectivity index (χ4v) is 2.24. The summed E-state index contributed by atoms with van der Waals surface area (Å²) >= 11 is 3.30. The van der Waals surface area contributed by atoms with Crippen LogP contribution in [0.5, 0.6) is 0 Å². The number of aliphatic hydroxyl groups is 1. The van der Waals surface area contributed by atoms with Gasteiger partial charge in [-0.3, -0.25) is 4.79 Å². The fourth-order valence-electron chi connectivity index (χ4n) is 1.86. The summed E-state index contributed by atoms with van der Waals surface area (Å²) in [6.07, 6.45) is -0.292. The molecule has 1 aromatic rings. The Morgan fingerprint density at radius 3 is 3.06 bits per heavy atom. The summed E-state index contributed by atoms with van der Waals surface area (Å²) in [6, 6.07) is 5.11.